The molecular formula is C21H26N2O5. The zero-order chi connectivity index (χ0) is 20.5. The number of methoxy groups -OCH3 is 1. The Morgan fingerprint density at radius 3 is 2.61 bits per heavy atom. The van der Waals surface area contributed by atoms with E-state index in [4.69, 9.17) is 19.5 Å². The largest absolute Gasteiger partial charge is 0.493 e. The maximum absolute atomic E-state index is 12.2. The molecule has 7 heteroatoms. The van der Waals surface area contributed by atoms with Crippen LogP contribution in [-0.4, -0.2) is 50.2 Å². The molecule has 0 bridgehead atoms. The molecule has 0 radical (unpaired) electrons. The third-order valence-electron chi connectivity index (χ3n) is 4.45. The summed E-state index contributed by atoms with van der Waals surface area (Å²) in [6.45, 7) is 5.31. The van der Waals surface area contributed by atoms with Gasteiger partial charge in [0.15, 0.2) is 24.7 Å². The van der Waals surface area contributed by atoms with Crippen molar-refractivity contribution in [2.75, 3.05) is 33.4 Å². The number of carbonyl (C=O) groups excluding carboxylic acids is 2. The fourth-order valence-electron chi connectivity index (χ4n) is 3.32. The van der Waals surface area contributed by atoms with E-state index in [0.717, 1.165) is 6.42 Å². The first-order valence-corrected chi connectivity index (χ1v) is 9.23. The number of nitrogens with zero attached hydrogens (tertiary/aromatic N) is 2. The van der Waals surface area contributed by atoms with Crippen molar-refractivity contribution < 1.29 is 23.8 Å². The van der Waals surface area contributed by atoms with E-state index in [-0.39, 0.29) is 19.1 Å². The van der Waals surface area contributed by atoms with E-state index < -0.39 is 5.97 Å². The number of amides is 1. The molecule has 1 aliphatic heterocycles. The molecule has 2 rings (SSSR count). The quantitative estimate of drug-likeness (QED) is 0.529. The van der Waals surface area contributed by atoms with E-state index in [1.165, 1.54) is 13.2 Å². The molecule has 2 unspecified atom stereocenters. The Balaban J connectivity index is 1.87. The summed E-state index contributed by atoms with van der Waals surface area (Å²) in [6.07, 6.45) is 3.93. The maximum Gasteiger partial charge on any atom is 0.331 e. The predicted molar refractivity (Wildman–Crippen MR) is 104 cm³/mol. The van der Waals surface area contributed by atoms with E-state index in [2.05, 4.69) is 13.8 Å². The molecule has 0 N–H and O–H groups in total. The Morgan fingerprint density at radius 2 is 1.96 bits per heavy atom. The molecule has 1 amide bonds. The Hall–Kier alpha value is -3.01. The van der Waals surface area contributed by atoms with Gasteiger partial charge >= 0.3 is 5.97 Å². The van der Waals surface area contributed by atoms with E-state index in [0.29, 0.717) is 42.0 Å². The summed E-state index contributed by atoms with van der Waals surface area (Å²) < 4.78 is 15.5. The molecule has 150 valence electrons. The lowest BCUT2D eigenvalue weighted by Crippen LogP contribution is -2.44. The molecule has 28 heavy (non-hydrogen) atoms. The Bertz CT molecular complexity index is 759. The molecule has 0 aromatic heterocycles. The minimum atomic E-state index is -0.588. The summed E-state index contributed by atoms with van der Waals surface area (Å²) in [5.41, 5.74) is 0.697. The fourth-order valence-corrected chi connectivity index (χ4v) is 3.32. The Labute approximate surface area is 165 Å². The van der Waals surface area contributed by atoms with E-state index in [1.807, 2.05) is 6.07 Å². The third kappa shape index (κ3) is 6.31. The monoisotopic (exact) mass is 386 g/mol. The Morgan fingerprint density at radius 1 is 1.25 bits per heavy atom. The SMILES string of the molecule is COc1cc(C=CC(=O)OCC(=O)N2CC(C)CC(C)C2)ccc1OCC#N. The van der Waals surface area contributed by atoms with Crippen LogP contribution in [0.15, 0.2) is 24.3 Å². The van der Waals surface area contributed by atoms with Gasteiger partial charge in [0.05, 0.1) is 7.11 Å². The van der Waals surface area contributed by atoms with Crippen molar-refractivity contribution in [1.82, 2.24) is 4.90 Å². The van der Waals surface area contributed by atoms with Gasteiger partial charge in [-0.05, 0) is 42.0 Å². The second kappa shape index (κ2) is 10.4. The van der Waals surface area contributed by atoms with Crippen molar-refractivity contribution in [3.8, 4) is 17.6 Å². The fraction of sp³-hybridized carbons (Fsp3) is 0.476. The highest BCUT2D eigenvalue weighted by atomic mass is 16.5. The van der Waals surface area contributed by atoms with Crippen LogP contribution in [0.2, 0.25) is 0 Å². The summed E-state index contributed by atoms with van der Waals surface area (Å²) in [5.74, 6) is 1.06. The number of carbonyl (C=O) groups is 2. The minimum Gasteiger partial charge on any atom is -0.493 e. The van der Waals surface area contributed by atoms with Gasteiger partial charge in [-0.3, -0.25) is 4.79 Å². The zero-order valence-corrected chi connectivity index (χ0v) is 16.5. The van der Waals surface area contributed by atoms with Crippen LogP contribution in [0.4, 0.5) is 0 Å². The van der Waals surface area contributed by atoms with Crippen LogP contribution in [0.1, 0.15) is 25.8 Å². The lowest BCUT2D eigenvalue weighted by atomic mass is 9.92. The van der Waals surface area contributed by atoms with E-state index in [1.54, 1.807) is 29.2 Å². The van der Waals surface area contributed by atoms with Crippen LogP contribution in [0, 0.1) is 23.2 Å². The topological polar surface area (TPSA) is 88.9 Å². The summed E-state index contributed by atoms with van der Waals surface area (Å²) in [7, 11) is 1.49. The standard InChI is InChI=1S/C21H26N2O5/c1-15-10-16(2)13-23(12-15)20(24)14-28-21(25)7-5-17-4-6-18(27-9-8-22)19(11-17)26-3/h4-7,11,15-16H,9-10,12-14H2,1-3H3. The van der Waals surface area contributed by atoms with Gasteiger partial charge in [0, 0.05) is 19.2 Å². The first-order chi connectivity index (χ1) is 13.4. The molecule has 0 saturated carbocycles. The van der Waals surface area contributed by atoms with Gasteiger partial charge in [0.25, 0.3) is 5.91 Å². The number of piperidine rings is 1. The number of ether oxygens (including phenoxy) is 3. The predicted octanol–water partition coefficient (Wildman–Crippen LogP) is 2.66. The molecule has 0 aliphatic carbocycles. The average Bonchev–Trinajstić information content (AvgIpc) is 2.68. The highest BCUT2D eigenvalue weighted by Crippen LogP contribution is 2.28. The second-order valence-corrected chi connectivity index (χ2v) is 7.04. The normalized spacial score (nSPS) is 19.1. The van der Waals surface area contributed by atoms with Gasteiger partial charge in [-0.15, -0.1) is 0 Å². The maximum atomic E-state index is 12.2. The van der Waals surface area contributed by atoms with Crippen molar-refractivity contribution in [3.63, 3.8) is 0 Å². The summed E-state index contributed by atoms with van der Waals surface area (Å²) in [5, 5.41) is 8.58. The van der Waals surface area contributed by atoms with Crippen LogP contribution in [0.3, 0.4) is 0 Å². The zero-order valence-electron chi connectivity index (χ0n) is 16.5. The van der Waals surface area contributed by atoms with Crippen molar-refractivity contribution in [3.05, 3.63) is 29.8 Å². The molecule has 0 spiro atoms. The molecule has 1 aliphatic rings. The van der Waals surface area contributed by atoms with Crippen LogP contribution in [-0.2, 0) is 14.3 Å². The van der Waals surface area contributed by atoms with Crippen LogP contribution in [0.5, 0.6) is 11.5 Å². The van der Waals surface area contributed by atoms with Gasteiger partial charge in [0.2, 0.25) is 0 Å². The van der Waals surface area contributed by atoms with Crippen LogP contribution in [0.25, 0.3) is 6.08 Å². The molecule has 1 heterocycles. The summed E-state index contributed by atoms with van der Waals surface area (Å²) in [4.78, 5) is 25.9. The summed E-state index contributed by atoms with van der Waals surface area (Å²) >= 11 is 0. The number of nitriles is 1. The van der Waals surface area contributed by atoms with Crippen molar-refractivity contribution >= 4 is 18.0 Å². The Kier molecular flexibility index (Phi) is 7.88. The number of rotatable bonds is 7. The van der Waals surface area contributed by atoms with Gasteiger partial charge in [0.1, 0.15) is 6.07 Å². The van der Waals surface area contributed by atoms with Crippen molar-refractivity contribution in [1.29, 1.82) is 5.26 Å². The van der Waals surface area contributed by atoms with Gasteiger partial charge in [-0.1, -0.05) is 19.9 Å². The van der Waals surface area contributed by atoms with Gasteiger partial charge in [-0.2, -0.15) is 5.26 Å². The number of likely N-dealkylation sites (tertiary alicyclic amines) is 1. The first kappa shape index (κ1) is 21.3. The molecule has 1 fully saturated rings. The number of benzene rings is 1. The van der Waals surface area contributed by atoms with Crippen LogP contribution < -0.4 is 9.47 Å². The van der Waals surface area contributed by atoms with E-state index >= 15 is 0 Å². The lowest BCUT2D eigenvalue weighted by Gasteiger charge is -2.34. The highest BCUT2D eigenvalue weighted by molar-refractivity contribution is 5.89. The average molecular weight is 386 g/mol. The van der Waals surface area contributed by atoms with Crippen LogP contribution >= 0.6 is 0 Å². The smallest absolute Gasteiger partial charge is 0.331 e. The minimum absolute atomic E-state index is 0.0829. The number of esters is 1. The molecule has 1 aromatic carbocycles. The molecule has 1 saturated heterocycles. The van der Waals surface area contributed by atoms with Gasteiger partial charge in [-0.25, -0.2) is 4.79 Å². The number of hydrogen-bond donors (Lipinski definition) is 0. The second-order valence-electron chi connectivity index (χ2n) is 7.04. The summed E-state index contributed by atoms with van der Waals surface area (Å²) in [6, 6.07) is 6.95. The first-order valence-electron chi connectivity index (χ1n) is 9.23. The lowest BCUT2D eigenvalue weighted by molar-refractivity contribution is -0.149. The van der Waals surface area contributed by atoms with Gasteiger partial charge < -0.3 is 19.1 Å². The van der Waals surface area contributed by atoms with Crippen molar-refractivity contribution in [2.45, 2.75) is 20.3 Å². The molecule has 7 nitrogen and oxygen atoms in total. The molecule has 1 aromatic rings. The van der Waals surface area contributed by atoms with Crippen molar-refractivity contribution in [2.24, 2.45) is 11.8 Å². The number of hydrogen-bond acceptors (Lipinski definition) is 6. The molecule has 2 atom stereocenters. The third-order valence-corrected chi connectivity index (χ3v) is 4.45. The molecular weight excluding hydrogens is 360 g/mol. The highest BCUT2D eigenvalue weighted by Gasteiger charge is 2.25. The van der Waals surface area contributed by atoms with E-state index in [9.17, 15) is 9.59 Å².